The van der Waals surface area contributed by atoms with Crippen LogP contribution in [0.4, 0.5) is 0 Å². The van der Waals surface area contributed by atoms with E-state index in [9.17, 15) is 0 Å². The van der Waals surface area contributed by atoms with Gasteiger partial charge in [-0.25, -0.2) is 0 Å². The van der Waals surface area contributed by atoms with Crippen molar-refractivity contribution in [1.82, 2.24) is 5.32 Å². The molecule has 0 bridgehead atoms. The number of hydrogen-bond donors (Lipinski definition) is 2. The SMILES string of the molecule is CCC1CCC2(CC1)CNCC2N. The van der Waals surface area contributed by atoms with Crippen LogP contribution in [-0.4, -0.2) is 19.1 Å². The number of nitrogens with one attached hydrogen (secondary N) is 1. The van der Waals surface area contributed by atoms with Gasteiger partial charge < -0.3 is 11.1 Å². The van der Waals surface area contributed by atoms with E-state index in [0.717, 1.165) is 12.5 Å². The zero-order chi connectivity index (χ0) is 9.31. The third kappa shape index (κ3) is 1.62. The van der Waals surface area contributed by atoms with Gasteiger partial charge in [-0.1, -0.05) is 13.3 Å². The molecule has 0 aromatic heterocycles. The van der Waals surface area contributed by atoms with Crippen molar-refractivity contribution in [2.45, 2.75) is 45.1 Å². The second kappa shape index (κ2) is 3.58. The smallest absolute Gasteiger partial charge is 0.0234 e. The lowest BCUT2D eigenvalue weighted by atomic mass is 9.67. The number of hydrogen-bond acceptors (Lipinski definition) is 2. The van der Waals surface area contributed by atoms with Crippen molar-refractivity contribution in [1.29, 1.82) is 0 Å². The third-order valence-electron chi connectivity index (χ3n) is 4.31. The molecule has 0 amide bonds. The molecule has 1 heterocycles. The quantitative estimate of drug-likeness (QED) is 0.645. The van der Waals surface area contributed by atoms with Crippen LogP contribution in [0, 0.1) is 11.3 Å². The minimum Gasteiger partial charge on any atom is -0.326 e. The summed E-state index contributed by atoms with van der Waals surface area (Å²) in [7, 11) is 0. The maximum Gasteiger partial charge on any atom is 0.0234 e. The molecule has 2 fully saturated rings. The van der Waals surface area contributed by atoms with E-state index in [1.165, 1.54) is 38.6 Å². The second-order valence-electron chi connectivity index (χ2n) is 4.95. The number of nitrogens with two attached hydrogens (primary N) is 1. The Kier molecular flexibility index (Phi) is 2.61. The highest BCUT2D eigenvalue weighted by Gasteiger charge is 2.42. The van der Waals surface area contributed by atoms with E-state index in [4.69, 9.17) is 5.73 Å². The molecule has 13 heavy (non-hydrogen) atoms. The van der Waals surface area contributed by atoms with Crippen LogP contribution in [0.25, 0.3) is 0 Å². The van der Waals surface area contributed by atoms with Gasteiger partial charge in [0.05, 0.1) is 0 Å². The summed E-state index contributed by atoms with van der Waals surface area (Å²) in [6.07, 6.45) is 6.90. The van der Waals surface area contributed by atoms with Crippen molar-refractivity contribution in [3.8, 4) is 0 Å². The molecule has 1 unspecified atom stereocenters. The molecule has 2 rings (SSSR count). The second-order valence-corrected chi connectivity index (χ2v) is 4.95. The topological polar surface area (TPSA) is 38.0 Å². The highest BCUT2D eigenvalue weighted by molar-refractivity contribution is 5.00. The van der Waals surface area contributed by atoms with E-state index in [1.807, 2.05) is 0 Å². The van der Waals surface area contributed by atoms with Crippen LogP contribution in [0.15, 0.2) is 0 Å². The van der Waals surface area contributed by atoms with Crippen LogP contribution in [0.5, 0.6) is 0 Å². The zero-order valence-corrected chi connectivity index (χ0v) is 8.68. The molecule has 1 aliphatic carbocycles. The van der Waals surface area contributed by atoms with Crippen molar-refractivity contribution in [3.05, 3.63) is 0 Å². The van der Waals surface area contributed by atoms with Crippen LogP contribution in [0.2, 0.25) is 0 Å². The average Bonchev–Trinajstić information content (AvgIpc) is 2.50. The van der Waals surface area contributed by atoms with Crippen LogP contribution < -0.4 is 11.1 Å². The maximum absolute atomic E-state index is 6.17. The average molecular weight is 182 g/mol. The highest BCUT2D eigenvalue weighted by atomic mass is 15.0. The Bertz CT molecular complexity index is 171. The van der Waals surface area contributed by atoms with E-state index in [0.29, 0.717) is 11.5 Å². The Balaban J connectivity index is 1.95. The van der Waals surface area contributed by atoms with Crippen LogP contribution >= 0.6 is 0 Å². The largest absolute Gasteiger partial charge is 0.326 e. The first-order chi connectivity index (χ1) is 6.27. The molecule has 0 radical (unpaired) electrons. The lowest BCUT2D eigenvalue weighted by molar-refractivity contribution is 0.149. The molecule has 1 saturated carbocycles. The van der Waals surface area contributed by atoms with Gasteiger partial charge in [0.15, 0.2) is 0 Å². The summed E-state index contributed by atoms with van der Waals surface area (Å²) >= 11 is 0. The summed E-state index contributed by atoms with van der Waals surface area (Å²) in [5.74, 6) is 0.985. The molecule has 2 nitrogen and oxygen atoms in total. The molecule has 1 atom stereocenters. The van der Waals surface area contributed by atoms with E-state index in [2.05, 4.69) is 12.2 Å². The number of rotatable bonds is 1. The molecule has 0 aromatic carbocycles. The van der Waals surface area contributed by atoms with Gasteiger partial charge in [-0.3, -0.25) is 0 Å². The maximum atomic E-state index is 6.17. The van der Waals surface area contributed by atoms with Gasteiger partial charge in [-0.2, -0.15) is 0 Å². The highest BCUT2D eigenvalue weighted by Crippen LogP contribution is 2.43. The first kappa shape index (κ1) is 9.47. The monoisotopic (exact) mass is 182 g/mol. The van der Waals surface area contributed by atoms with Crippen molar-refractivity contribution >= 4 is 0 Å². The van der Waals surface area contributed by atoms with Crippen molar-refractivity contribution in [3.63, 3.8) is 0 Å². The summed E-state index contributed by atoms with van der Waals surface area (Å²) in [6, 6.07) is 0.422. The van der Waals surface area contributed by atoms with Gasteiger partial charge in [0.2, 0.25) is 0 Å². The van der Waals surface area contributed by atoms with Crippen LogP contribution in [0.1, 0.15) is 39.0 Å². The Hall–Kier alpha value is -0.0800. The van der Waals surface area contributed by atoms with E-state index >= 15 is 0 Å². The molecule has 0 aromatic rings. The Labute approximate surface area is 81.3 Å². The molecular formula is C11H22N2. The molecule has 3 N–H and O–H groups in total. The first-order valence-corrected chi connectivity index (χ1v) is 5.73. The lowest BCUT2D eigenvalue weighted by Crippen LogP contribution is -2.43. The summed E-state index contributed by atoms with van der Waals surface area (Å²) in [5.41, 5.74) is 6.65. The Morgan fingerprint density at radius 2 is 2.08 bits per heavy atom. The van der Waals surface area contributed by atoms with Crippen molar-refractivity contribution < 1.29 is 0 Å². The van der Waals surface area contributed by atoms with Gasteiger partial charge in [-0.15, -0.1) is 0 Å². The minimum absolute atomic E-state index is 0.422. The predicted octanol–water partition coefficient (Wildman–Crippen LogP) is 1.50. The molecule has 2 heteroatoms. The standard InChI is InChI=1S/C11H22N2/c1-2-9-3-5-11(6-4-9)8-13-7-10(11)12/h9-10,13H,2-8,12H2,1H3. The van der Waals surface area contributed by atoms with E-state index < -0.39 is 0 Å². The van der Waals surface area contributed by atoms with Gasteiger partial charge in [0.1, 0.15) is 0 Å². The zero-order valence-electron chi connectivity index (χ0n) is 8.68. The minimum atomic E-state index is 0.422. The molecule has 1 saturated heterocycles. The van der Waals surface area contributed by atoms with Gasteiger partial charge in [0.25, 0.3) is 0 Å². The summed E-state index contributed by atoms with van der Waals surface area (Å²) < 4.78 is 0. The molecule has 2 aliphatic rings. The molecular weight excluding hydrogens is 160 g/mol. The van der Waals surface area contributed by atoms with Gasteiger partial charge >= 0.3 is 0 Å². The van der Waals surface area contributed by atoms with Crippen molar-refractivity contribution in [2.24, 2.45) is 17.1 Å². The Morgan fingerprint density at radius 3 is 2.54 bits per heavy atom. The fourth-order valence-corrected chi connectivity index (χ4v) is 3.03. The van der Waals surface area contributed by atoms with Gasteiger partial charge in [0, 0.05) is 19.1 Å². The van der Waals surface area contributed by atoms with E-state index in [1.54, 1.807) is 0 Å². The van der Waals surface area contributed by atoms with Crippen LogP contribution in [0.3, 0.4) is 0 Å². The Morgan fingerprint density at radius 1 is 1.38 bits per heavy atom. The summed E-state index contributed by atoms with van der Waals surface area (Å²) in [5, 5.41) is 3.44. The third-order valence-corrected chi connectivity index (χ3v) is 4.31. The van der Waals surface area contributed by atoms with Crippen LogP contribution in [-0.2, 0) is 0 Å². The lowest BCUT2D eigenvalue weighted by Gasteiger charge is -2.39. The molecule has 1 spiro atoms. The summed E-state index contributed by atoms with van der Waals surface area (Å²) in [4.78, 5) is 0. The first-order valence-electron chi connectivity index (χ1n) is 5.73. The molecule has 76 valence electrons. The normalized spacial score (nSPS) is 45.7. The fraction of sp³-hybridized carbons (Fsp3) is 1.00. The molecule has 1 aliphatic heterocycles. The predicted molar refractivity (Wildman–Crippen MR) is 55.5 cm³/mol. The fourth-order valence-electron chi connectivity index (χ4n) is 3.03. The summed E-state index contributed by atoms with van der Waals surface area (Å²) in [6.45, 7) is 4.52. The van der Waals surface area contributed by atoms with E-state index in [-0.39, 0.29) is 0 Å². The van der Waals surface area contributed by atoms with Crippen molar-refractivity contribution in [2.75, 3.05) is 13.1 Å². The van der Waals surface area contributed by atoms with Gasteiger partial charge in [-0.05, 0) is 37.0 Å².